The van der Waals surface area contributed by atoms with Crippen LogP contribution in [-0.2, 0) is 6.18 Å². The molecule has 194 valence electrons. The van der Waals surface area contributed by atoms with Crippen molar-refractivity contribution in [2.45, 2.75) is 6.18 Å². The van der Waals surface area contributed by atoms with Gasteiger partial charge < -0.3 is 25.3 Å². The Labute approximate surface area is 212 Å². The van der Waals surface area contributed by atoms with Crippen LogP contribution in [0.3, 0.4) is 0 Å². The first-order valence-electron chi connectivity index (χ1n) is 11.5. The number of piperazine rings is 2. The third-order valence-corrected chi connectivity index (χ3v) is 6.42. The van der Waals surface area contributed by atoms with Crippen LogP contribution < -0.4 is 25.9 Å². The average Bonchev–Trinajstić information content (AvgIpc) is 2.84. The van der Waals surface area contributed by atoms with Gasteiger partial charge in [-0.15, -0.1) is 0 Å². The average molecular weight is 525 g/mol. The number of rotatable bonds is 5. The first-order valence-corrected chi connectivity index (χ1v) is 11.9. The van der Waals surface area contributed by atoms with E-state index >= 15 is 4.39 Å². The van der Waals surface area contributed by atoms with Crippen LogP contribution in [0.4, 0.5) is 34.8 Å². The summed E-state index contributed by atoms with van der Waals surface area (Å²) in [4.78, 5) is 11.8. The third-order valence-electron chi connectivity index (χ3n) is 6.33. The highest BCUT2D eigenvalue weighted by Gasteiger charge is 2.36. The van der Waals surface area contributed by atoms with E-state index in [4.69, 9.17) is 18.0 Å². The smallest absolute Gasteiger partial charge is 0.375 e. The first-order chi connectivity index (χ1) is 17.1. The zero-order chi connectivity index (χ0) is 25.9. The number of benzene rings is 1. The maximum atomic E-state index is 15.3. The number of hydrazone groups is 1. The summed E-state index contributed by atoms with van der Waals surface area (Å²) in [6.45, 7) is 4.51. The van der Waals surface area contributed by atoms with Gasteiger partial charge in [0.2, 0.25) is 0 Å². The molecule has 2 saturated heterocycles. The molecule has 8 nitrogen and oxygen atoms in total. The van der Waals surface area contributed by atoms with E-state index in [0.29, 0.717) is 24.3 Å². The maximum absolute atomic E-state index is 15.3. The molecule has 3 heterocycles. The summed E-state index contributed by atoms with van der Waals surface area (Å²) in [7, 11) is 2.05. The minimum Gasteiger partial charge on any atom is -0.375 e. The second kappa shape index (κ2) is 10.8. The Kier molecular flexibility index (Phi) is 7.79. The normalized spacial score (nSPS) is 17.6. The molecule has 0 amide bonds. The summed E-state index contributed by atoms with van der Waals surface area (Å²) >= 11 is 4.77. The van der Waals surface area contributed by atoms with Crippen LogP contribution in [0.25, 0.3) is 0 Å². The van der Waals surface area contributed by atoms with Crippen molar-refractivity contribution in [1.29, 1.82) is 0 Å². The third kappa shape index (κ3) is 5.95. The Hall–Kier alpha value is -3.19. The van der Waals surface area contributed by atoms with Crippen molar-refractivity contribution in [2.24, 2.45) is 10.8 Å². The highest BCUT2D eigenvalue weighted by atomic mass is 32.1. The highest BCUT2D eigenvalue weighted by molar-refractivity contribution is 7.80. The predicted octanol–water partition coefficient (Wildman–Crippen LogP) is 2.49. The van der Waals surface area contributed by atoms with Crippen molar-refractivity contribution in [3.05, 3.63) is 47.4 Å². The Morgan fingerprint density at radius 3 is 2.28 bits per heavy atom. The van der Waals surface area contributed by atoms with Gasteiger partial charge >= 0.3 is 6.18 Å². The highest BCUT2D eigenvalue weighted by Crippen LogP contribution is 2.36. The molecule has 4 rings (SSSR count). The van der Waals surface area contributed by atoms with Gasteiger partial charge in [0.1, 0.15) is 11.6 Å². The number of hydrogen-bond donors (Lipinski definition) is 2. The van der Waals surface area contributed by atoms with E-state index in [2.05, 4.69) is 25.3 Å². The molecule has 2 fully saturated rings. The van der Waals surface area contributed by atoms with Crippen LogP contribution in [0.2, 0.25) is 0 Å². The summed E-state index contributed by atoms with van der Waals surface area (Å²) in [6.07, 6.45) is -1.66. The number of alkyl halides is 3. The maximum Gasteiger partial charge on any atom is 0.419 e. The molecule has 0 saturated carbocycles. The second-order valence-corrected chi connectivity index (χ2v) is 9.17. The number of nitrogens with two attached hydrogens (primary N) is 1. The van der Waals surface area contributed by atoms with Gasteiger partial charge in [-0.3, -0.25) is 5.43 Å². The summed E-state index contributed by atoms with van der Waals surface area (Å²) in [5.74, 6) is -0.535. The summed E-state index contributed by atoms with van der Waals surface area (Å²) in [5, 5.41) is 4.01. The predicted molar refractivity (Wildman–Crippen MR) is 137 cm³/mol. The molecule has 2 aliphatic rings. The van der Waals surface area contributed by atoms with Gasteiger partial charge in [-0.25, -0.2) is 9.37 Å². The molecule has 0 aliphatic carbocycles. The molecule has 0 radical (unpaired) electrons. The van der Waals surface area contributed by atoms with E-state index in [1.807, 2.05) is 11.9 Å². The second-order valence-electron chi connectivity index (χ2n) is 8.73. The Morgan fingerprint density at radius 1 is 1.03 bits per heavy atom. The molecule has 1 aromatic heterocycles. The van der Waals surface area contributed by atoms with Crippen molar-refractivity contribution in [3.8, 4) is 0 Å². The Bertz CT molecular complexity index is 1110. The molecule has 2 aromatic rings. The molecule has 2 aliphatic heterocycles. The van der Waals surface area contributed by atoms with Crippen LogP contribution in [0.1, 0.15) is 11.1 Å². The van der Waals surface area contributed by atoms with Crippen LogP contribution in [-0.4, -0.2) is 80.6 Å². The van der Waals surface area contributed by atoms with E-state index in [1.165, 1.54) is 24.5 Å². The molecule has 0 unspecified atom stereocenters. The number of anilines is 3. The van der Waals surface area contributed by atoms with Crippen LogP contribution >= 0.6 is 12.2 Å². The molecule has 0 spiro atoms. The molecule has 3 N–H and O–H groups in total. The topological polar surface area (TPSA) is 76.3 Å². The van der Waals surface area contributed by atoms with Gasteiger partial charge in [0, 0.05) is 69.8 Å². The minimum absolute atomic E-state index is 0.00365. The minimum atomic E-state index is -4.50. The lowest BCUT2D eigenvalue weighted by Crippen LogP contribution is -2.48. The van der Waals surface area contributed by atoms with Gasteiger partial charge in [0.05, 0.1) is 17.5 Å². The number of likely N-dealkylation sites (N-methyl/N-ethyl adjacent to an activating group) is 1. The fourth-order valence-electron chi connectivity index (χ4n) is 4.43. The molecular formula is C23H28F4N8S. The van der Waals surface area contributed by atoms with Crippen LogP contribution in [0, 0.1) is 5.82 Å². The lowest BCUT2D eigenvalue weighted by atomic mass is 10.1. The van der Waals surface area contributed by atoms with Crippen molar-refractivity contribution in [3.63, 3.8) is 0 Å². The Balaban J connectivity index is 1.57. The zero-order valence-electron chi connectivity index (χ0n) is 19.8. The van der Waals surface area contributed by atoms with E-state index < -0.39 is 17.6 Å². The molecule has 0 bridgehead atoms. The summed E-state index contributed by atoms with van der Waals surface area (Å²) in [6, 6.07) is 5.52. The number of hydrogen-bond acceptors (Lipinski definition) is 7. The summed E-state index contributed by atoms with van der Waals surface area (Å²) < 4.78 is 55.6. The first kappa shape index (κ1) is 25.9. The number of halogens is 4. The van der Waals surface area contributed by atoms with Crippen molar-refractivity contribution in [2.75, 3.05) is 74.1 Å². The molecular weight excluding hydrogens is 496 g/mol. The lowest BCUT2D eigenvalue weighted by molar-refractivity contribution is -0.137. The summed E-state index contributed by atoms with van der Waals surface area (Å²) in [5.41, 5.74) is 8.95. The van der Waals surface area contributed by atoms with Gasteiger partial charge in [-0.1, -0.05) is 0 Å². The van der Waals surface area contributed by atoms with Gasteiger partial charge in [-0.2, -0.15) is 18.3 Å². The number of aromatic nitrogens is 1. The molecule has 13 heteroatoms. The lowest BCUT2D eigenvalue weighted by Gasteiger charge is -2.39. The van der Waals surface area contributed by atoms with Crippen LogP contribution in [0.15, 0.2) is 35.6 Å². The zero-order valence-corrected chi connectivity index (χ0v) is 20.6. The molecule has 36 heavy (non-hydrogen) atoms. The van der Waals surface area contributed by atoms with Gasteiger partial charge in [0.15, 0.2) is 5.11 Å². The van der Waals surface area contributed by atoms with Gasteiger partial charge in [0.25, 0.3) is 0 Å². The van der Waals surface area contributed by atoms with E-state index in [-0.39, 0.29) is 24.0 Å². The van der Waals surface area contributed by atoms with Gasteiger partial charge in [-0.05, 0) is 43.5 Å². The number of nitrogens with one attached hydrogen (secondary N) is 1. The fraction of sp³-hybridized carbons (Fsp3) is 0.435. The van der Waals surface area contributed by atoms with Crippen molar-refractivity contribution in [1.82, 2.24) is 15.3 Å². The van der Waals surface area contributed by atoms with Crippen LogP contribution in [0.5, 0.6) is 0 Å². The van der Waals surface area contributed by atoms with Crippen molar-refractivity contribution >= 4 is 40.7 Å². The Morgan fingerprint density at radius 2 is 1.64 bits per heavy atom. The molecule has 1 aromatic carbocycles. The fourth-order valence-corrected chi connectivity index (χ4v) is 4.48. The van der Waals surface area contributed by atoms with E-state index in [1.54, 1.807) is 11.0 Å². The van der Waals surface area contributed by atoms with Crippen molar-refractivity contribution < 1.29 is 17.6 Å². The molecule has 0 atom stereocenters. The monoisotopic (exact) mass is 524 g/mol. The number of thiocarbonyl (C=S) groups is 1. The largest absolute Gasteiger partial charge is 0.419 e. The number of pyridine rings is 1. The number of nitrogens with zero attached hydrogens (tertiary/aromatic N) is 6. The SMILES string of the molecule is CN1CCN(c2cc(N3CCN(c4ncccc4C(F)(F)F)CC3)c(F)cc2/C=N/NC(N)=S)CC1. The van der Waals surface area contributed by atoms with E-state index in [0.717, 1.165) is 37.9 Å². The standard InChI is InChI=1S/C23H28F4N8S/c1-32-5-7-33(8-6-32)19-14-20(18(24)13-16(19)15-30-31-22(28)36)34-9-11-35(12-10-34)21-17(23(25,26)27)3-2-4-29-21/h2-4,13-15H,5-12H2,1H3,(H3,28,31,36)/b30-15+. The van der Waals surface area contributed by atoms with E-state index in [9.17, 15) is 13.2 Å². The quantitative estimate of drug-likeness (QED) is 0.268.